The lowest BCUT2D eigenvalue weighted by Gasteiger charge is -2.07. The molecule has 0 fully saturated rings. The molecule has 18 heavy (non-hydrogen) atoms. The van der Waals surface area contributed by atoms with E-state index in [1.165, 1.54) is 18.2 Å². The van der Waals surface area contributed by atoms with Crippen LogP contribution >= 0.6 is 23.2 Å². The van der Waals surface area contributed by atoms with Crippen LogP contribution in [-0.4, -0.2) is 25.0 Å². The summed E-state index contributed by atoms with van der Waals surface area (Å²) in [5.74, 6) is -0.956. The third-order valence-corrected chi connectivity index (χ3v) is 2.31. The standard InChI is InChI=1S/C11H12Cl2N2O3/c1-2-18-6-10(16)14-15-11(17)7-3-8(12)5-9(13)4-7/h3-5H,2,6H2,1H3,(H,14,16)(H,15,17). The van der Waals surface area contributed by atoms with Crippen molar-refractivity contribution in [1.82, 2.24) is 10.9 Å². The molecule has 1 aromatic carbocycles. The monoisotopic (exact) mass is 290 g/mol. The summed E-state index contributed by atoms with van der Waals surface area (Å²) < 4.78 is 4.87. The molecule has 0 atom stereocenters. The Balaban J connectivity index is 2.52. The van der Waals surface area contributed by atoms with Crippen LogP contribution in [0.3, 0.4) is 0 Å². The van der Waals surface area contributed by atoms with Crippen LogP contribution in [0.15, 0.2) is 18.2 Å². The van der Waals surface area contributed by atoms with Crippen molar-refractivity contribution in [3.63, 3.8) is 0 Å². The molecule has 2 N–H and O–H groups in total. The summed E-state index contributed by atoms with van der Waals surface area (Å²) in [5, 5.41) is 0.682. The van der Waals surface area contributed by atoms with Gasteiger partial charge in [-0.25, -0.2) is 0 Å². The summed E-state index contributed by atoms with van der Waals surface area (Å²) in [5.41, 5.74) is 4.69. The van der Waals surface area contributed by atoms with Gasteiger partial charge in [0.15, 0.2) is 0 Å². The van der Waals surface area contributed by atoms with Crippen LogP contribution in [-0.2, 0) is 9.53 Å². The summed E-state index contributed by atoms with van der Waals surface area (Å²) in [6.07, 6.45) is 0. The first kappa shape index (κ1) is 14.8. The van der Waals surface area contributed by atoms with E-state index in [4.69, 9.17) is 27.9 Å². The number of carbonyl (C=O) groups excluding carboxylic acids is 2. The maximum atomic E-state index is 11.6. The van der Waals surface area contributed by atoms with Crippen LogP contribution in [0.5, 0.6) is 0 Å². The summed E-state index contributed by atoms with van der Waals surface area (Å²) in [6, 6.07) is 4.39. The van der Waals surface area contributed by atoms with Crippen molar-refractivity contribution in [2.75, 3.05) is 13.2 Å². The second-order valence-corrected chi connectivity index (χ2v) is 4.17. The number of carbonyl (C=O) groups is 2. The van der Waals surface area contributed by atoms with Gasteiger partial charge in [-0.1, -0.05) is 23.2 Å². The van der Waals surface area contributed by atoms with Gasteiger partial charge in [0.1, 0.15) is 6.61 Å². The lowest BCUT2D eigenvalue weighted by atomic mass is 10.2. The number of benzene rings is 1. The minimum Gasteiger partial charge on any atom is -0.372 e. The normalized spacial score (nSPS) is 9.94. The first-order valence-electron chi connectivity index (χ1n) is 5.16. The second-order valence-electron chi connectivity index (χ2n) is 3.30. The SMILES string of the molecule is CCOCC(=O)NNC(=O)c1cc(Cl)cc(Cl)c1. The van der Waals surface area contributed by atoms with Crippen LogP contribution in [0.1, 0.15) is 17.3 Å². The summed E-state index contributed by atoms with van der Waals surface area (Å²) in [4.78, 5) is 22.8. The molecule has 0 aromatic heterocycles. The fraction of sp³-hybridized carbons (Fsp3) is 0.273. The van der Waals surface area contributed by atoms with E-state index in [1.54, 1.807) is 6.92 Å². The molecule has 0 radical (unpaired) electrons. The highest BCUT2D eigenvalue weighted by molar-refractivity contribution is 6.35. The van der Waals surface area contributed by atoms with Crippen LogP contribution < -0.4 is 10.9 Å². The lowest BCUT2D eigenvalue weighted by Crippen LogP contribution is -2.43. The molecule has 98 valence electrons. The Morgan fingerprint density at radius 1 is 1.17 bits per heavy atom. The maximum absolute atomic E-state index is 11.6. The van der Waals surface area contributed by atoms with Crippen LogP contribution in [0.4, 0.5) is 0 Å². The molecule has 0 aliphatic heterocycles. The van der Waals surface area contributed by atoms with E-state index < -0.39 is 11.8 Å². The third-order valence-electron chi connectivity index (χ3n) is 1.88. The molecule has 1 aromatic rings. The first-order valence-corrected chi connectivity index (χ1v) is 5.91. The number of hydrogen-bond acceptors (Lipinski definition) is 3. The Morgan fingerprint density at radius 3 is 2.33 bits per heavy atom. The van der Waals surface area contributed by atoms with Gasteiger partial charge < -0.3 is 4.74 Å². The van der Waals surface area contributed by atoms with Crippen molar-refractivity contribution in [3.05, 3.63) is 33.8 Å². The zero-order valence-electron chi connectivity index (χ0n) is 9.63. The quantitative estimate of drug-likeness (QED) is 0.831. The number of amides is 2. The predicted molar refractivity (Wildman–Crippen MR) is 68.6 cm³/mol. The minimum absolute atomic E-state index is 0.118. The highest BCUT2D eigenvalue weighted by Crippen LogP contribution is 2.18. The largest absolute Gasteiger partial charge is 0.372 e. The second kappa shape index (κ2) is 7.20. The minimum atomic E-state index is -0.510. The summed E-state index contributed by atoms with van der Waals surface area (Å²) >= 11 is 11.5. The van der Waals surface area contributed by atoms with E-state index in [0.717, 1.165) is 0 Å². The Bertz CT molecular complexity index is 432. The van der Waals surface area contributed by atoms with E-state index in [-0.39, 0.29) is 12.2 Å². The molecule has 0 saturated heterocycles. The Labute approximate surface area is 114 Å². The van der Waals surface area contributed by atoms with Gasteiger partial charge in [0.05, 0.1) is 0 Å². The maximum Gasteiger partial charge on any atom is 0.269 e. The predicted octanol–water partition coefficient (Wildman–Crippen LogP) is 1.79. The van der Waals surface area contributed by atoms with Gasteiger partial charge in [-0.3, -0.25) is 20.4 Å². The molecule has 0 aliphatic rings. The van der Waals surface area contributed by atoms with Crippen LogP contribution in [0, 0.1) is 0 Å². The molecule has 1 rings (SSSR count). The third kappa shape index (κ3) is 4.91. The number of hydrogen-bond donors (Lipinski definition) is 2. The number of ether oxygens (including phenoxy) is 1. The van der Waals surface area contributed by atoms with Gasteiger partial charge in [-0.05, 0) is 25.1 Å². The fourth-order valence-corrected chi connectivity index (χ4v) is 1.64. The molecule has 7 heteroatoms. The number of rotatable bonds is 4. The van der Waals surface area contributed by atoms with Crippen molar-refractivity contribution in [3.8, 4) is 0 Å². The molecular weight excluding hydrogens is 279 g/mol. The van der Waals surface area contributed by atoms with E-state index in [1.807, 2.05) is 0 Å². The molecule has 5 nitrogen and oxygen atoms in total. The molecule has 0 spiro atoms. The smallest absolute Gasteiger partial charge is 0.269 e. The molecule has 2 amide bonds. The Kier molecular flexibility index (Phi) is 5.91. The summed E-state index contributed by atoms with van der Waals surface area (Å²) in [6.45, 7) is 2.07. The topological polar surface area (TPSA) is 67.4 Å². The first-order chi connectivity index (χ1) is 8.52. The highest BCUT2D eigenvalue weighted by Gasteiger charge is 2.09. The van der Waals surface area contributed by atoms with E-state index in [2.05, 4.69) is 10.9 Å². The molecule has 0 bridgehead atoms. The Hall–Kier alpha value is -1.30. The van der Waals surface area contributed by atoms with Gasteiger partial charge in [-0.2, -0.15) is 0 Å². The molecule has 0 unspecified atom stereocenters. The highest BCUT2D eigenvalue weighted by atomic mass is 35.5. The fourth-order valence-electron chi connectivity index (χ4n) is 1.11. The molecule has 0 heterocycles. The van der Waals surface area contributed by atoms with Gasteiger partial charge in [0.2, 0.25) is 0 Å². The van der Waals surface area contributed by atoms with Gasteiger partial charge in [0.25, 0.3) is 11.8 Å². The Morgan fingerprint density at radius 2 is 1.78 bits per heavy atom. The zero-order chi connectivity index (χ0) is 13.5. The van der Waals surface area contributed by atoms with E-state index in [9.17, 15) is 9.59 Å². The number of nitrogens with one attached hydrogen (secondary N) is 2. The van der Waals surface area contributed by atoms with Crippen molar-refractivity contribution >= 4 is 35.0 Å². The van der Waals surface area contributed by atoms with Crippen molar-refractivity contribution < 1.29 is 14.3 Å². The zero-order valence-corrected chi connectivity index (χ0v) is 11.1. The average molecular weight is 291 g/mol. The summed E-state index contributed by atoms with van der Waals surface area (Å²) in [7, 11) is 0. The lowest BCUT2D eigenvalue weighted by molar-refractivity contribution is -0.126. The van der Waals surface area contributed by atoms with Crippen LogP contribution in [0.2, 0.25) is 10.0 Å². The van der Waals surface area contributed by atoms with Crippen molar-refractivity contribution in [1.29, 1.82) is 0 Å². The van der Waals surface area contributed by atoms with Gasteiger partial charge >= 0.3 is 0 Å². The molecule has 0 saturated carbocycles. The average Bonchev–Trinajstić information content (AvgIpc) is 2.32. The van der Waals surface area contributed by atoms with Gasteiger partial charge in [-0.15, -0.1) is 0 Å². The van der Waals surface area contributed by atoms with E-state index in [0.29, 0.717) is 16.7 Å². The van der Waals surface area contributed by atoms with Crippen LogP contribution in [0.25, 0.3) is 0 Å². The van der Waals surface area contributed by atoms with Crippen molar-refractivity contribution in [2.24, 2.45) is 0 Å². The van der Waals surface area contributed by atoms with Crippen molar-refractivity contribution in [2.45, 2.75) is 6.92 Å². The number of hydrazine groups is 1. The van der Waals surface area contributed by atoms with E-state index >= 15 is 0 Å². The molecule has 0 aliphatic carbocycles. The van der Waals surface area contributed by atoms with Gasteiger partial charge in [0, 0.05) is 22.2 Å². The number of halogens is 2. The molecular formula is C11H12Cl2N2O3.